The Balaban J connectivity index is 2.26. The number of hydrogen-bond donors (Lipinski definition) is 0. The maximum absolute atomic E-state index is 5.05. The highest BCUT2D eigenvalue weighted by atomic mass is 16.5. The number of benzene rings is 1. The first-order valence-corrected chi connectivity index (χ1v) is 5.25. The van der Waals surface area contributed by atoms with Crippen LogP contribution in [0.25, 0.3) is 11.4 Å². The van der Waals surface area contributed by atoms with Crippen molar-refractivity contribution in [2.45, 2.75) is 13.5 Å². The van der Waals surface area contributed by atoms with Crippen LogP contribution >= 0.6 is 0 Å². The molecule has 0 aliphatic rings. The smallest absolute Gasteiger partial charge is 0.163 e. The lowest BCUT2D eigenvalue weighted by Gasteiger charge is -2.05. The molecule has 1 aromatic heterocycles. The van der Waals surface area contributed by atoms with E-state index in [9.17, 15) is 0 Å². The third-order valence-electron chi connectivity index (χ3n) is 2.46. The molecule has 0 fully saturated rings. The van der Waals surface area contributed by atoms with Crippen LogP contribution in [0.4, 0.5) is 0 Å². The monoisotopic (exact) mass is 217 g/mol. The number of rotatable bonds is 4. The second-order valence-electron chi connectivity index (χ2n) is 3.71. The minimum atomic E-state index is 0.664. The fourth-order valence-corrected chi connectivity index (χ4v) is 1.53. The topological polar surface area (TPSA) is 39.9 Å². The Labute approximate surface area is 94.9 Å². The van der Waals surface area contributed by atoms with Crippen LogP contribution in [0.1, 0.15) is 5.56 Å². The molecule has 0 atom stereocenters. The lowest BCUT2D eigenvalue weighted by molar-refractivity contribution is 0.187. The number of methoxy groups -OCH3 is 1. The van der Waals surface area contributed by atoms with Gasteiger partial charge >= 0.3 is 0 Å². The lowest BCUT2D eigenvalue weighted by Crippen LogP contribution is -2.04. The Morgan fingerprint density at radius 1 is 1.25 bits per heavy atom. The van der Waals surface area contributed by atoms with Gasteiger partial charge in [0.05, 0.1) is 6.61 Å². The molecular formula is C12H15N3O. The molecule has 0 bridgehead atoms. The highest BCUT2D eigenvalue weighted by molar-refractivity contribution is 5.55. The molecule has 0 aliphatic carbocycles. The molecular weight excluding hydrogens is 202 g/mol. The van der Waals surface area contributed by atoms with Gasteiger partial charge in [-0.15, -0.1) is 10.2 Å². The average Bonchev–Trinajstić information content (AvgIpc) is 2.75. The van der Waals surface area contributed by atoms with E-state index < -0.39 is 0 Å². The van der Waals surface area contributed by atoms with Crippen LogP contribution in [0.5, 0.6) is 0 Å². The van der Waals surface area contributed by atoms with Crippen molar-refractivity contribution in [1.29, 1.82) is 0 Å². The van der Waals surface area contributed by atoms with E-state index in [-0.39, 0.29) is 0 Å². The van der Waals surface area contributed by atoms with Gasteiger partial charge in [-0.05, 0) is 6.92 Å². The van der Waals surface area contributed by atoms with Crippen LogP contribution in [0.3, 0.4) is 0 Å². The fourth-order valence-electron chi connectivity index (χ4n) is 1.53. The minimum absolute atomic E-state index is 0.664. The van der Waals surface area contributed by atoms with Crippen molar-refractivity contribution in [3.8, 4) is 11.4 Å². The standard InChI is InChI=1S/C12H15N3O/c1-10-3-5-11(6-4-10)12-14-13-9-15(12)7-8-16-2/h3-6,9H,7-8H2,1-2H3. The van der Waals surface area contributed by atoms with Gasteiger partial charge < -0.3 is 9.30 Å². The predicted octanol–water partition coefficient (Wildman–Crippen LogP) is 1.90. The molecule has 0 amide bonds. The second kappa shape index (κ2) is 4.90. The zero-order valence-corrected chi connectivity index (χ0v) is 9.55. The first-order valence-electron chi connectivity index (χ1n) is 5.25. The molecule has 4 nitrogen and oxygen atoms in total. The predicted molar refractivity (Wildman–Crippen MR) is 62.1 cm³/mol. The van der Waals surface area contributed by atoms with Crippen LogP contribution in [0.15, 0.2) is 30.6 Å². The highest BCUT2D eigenvalue weighted by Crippen LogP contribution is 2.16. The summed E-state index contributed by atoms with van der Waals surface area (Å²) in [6.45, 7) is 3.50. The summed E-state index contributed by atoms with van der Waals surface area (Å²) in [5, 5.41) is 8.06. The van der Waals surface area contributed by atoms with Gasteiger partial charge in [0.25, 0.3) is 0 Å². The van der Waals surface area contributed by atoms with Crippen molar-refractivity contribution < 1.29 is 4.74 Å². The summed E-state index contributed by atoms with van der Waals surface area (Å²) >= 11 is 0. The Kier molecular flexibility index (Phi) is 3.31. The molecule has 16 heavy (non-hydrogen) atoms. The number of aromatic nitrogens is 3. The number of hydrogen-bond acceptors (Lipinski definition) is 3. The summed E-state index contributed by atoms with van der Waals surface area (Å²) in [5.41, 5.74) is 2.32. The van der Waals surface area contributed by atoms with E-state index in [1.54, 1.807) is 13.4 Å². The van der Waals surface area contributed by atoms with Gasteiger partial charge in [-0.3, -0.25) is 0 Å². The number of nitrogens with zero attached hydrogens (tertiary/aromatic N) is 3. The van der Waals surface area contributed by atoms with Gasteiger partial charge in [-0.2, -0.15) is 0 Å². The van der Waals surface area contributed by atoms with Crippen LogP contribution in [-0.4, -0.2) is 28.5 Å². The highest BCUT2D eigenvalue weighted by Gasteiger charge is 2.06. The van der Waals surface area contributed by atoms with Gasteiger partial charge in [0.1, 0.15) is 6.33 Å². The van der Waals surface area contributed by atoms with Gasteiger partial charge in [-0.25, -0.2) is 0 Å². The lowest BCUT2D eigenvalue weighted by atomic mass is 10.1. The fraction of sp³-hybridized carbons (Fsp3) is 0.333. The van der Waals surface area contributed by atoms with Crippen molar-refractivity contribution in [2.75, 3.05) is 13.7 Å². The Morgan fingerprint density at radius 3 is 2.69 bits per heavy atom. The third-order valence-corrected chi connectivity index (χ3v) is 2.46. The van der Waals surface area contributed by atoms with Crippen LogP contribution in [-0.2, 0) is 11.3 Å². The average molecular weight is 217 g/mol. The molecule has 4 heteroatoms. The summed E-state index contributed by atoms with van der Waals surface area (Å²) in [6.07, 6.45) is 1.73. The van der Waals surface area contributed by atoms with Crippen molar-refractivity contribution in [3.05, 3.63) is 36.2 Å². The second-order valence-corrected chi connectivity index (χ2v) is 3.71. The zero-order chi connectivity index (χ0) is 11.4. The molecule has 0 saturated heterocycles. The normalized spacial score (nSPS) is 10.6. The summed E-state index contributed by atoms with van der Waals surface area (Å²) in [7, 11) is 1.69. The molecule has 2 aromatic rings. The van der Waals surface area contributed by atoms with Gasteiger partial charge in [-0.1, -0.05) is 29.8 Å². The molecule has 0 aliphatic heterocycles. The quantitative estimate of drug-likeness (QED) is 0.785. The molecule has 0 saturated carbocycles. The van der Waals surface area contributed by atoms with Crippen molar-refractivity contribution >= 4 is 0 Å². The molecule has 0 N–H and O–H groups in total. The zero-order valence-electron chi connectivity index (χ0n) is 9.55. The third kappa shape index (κ3) is 2.28. The van der Waals surface area contributed by atoms with E-state index in [1.807, 2.05) is 4.57 Å². The van der Waals surface area contributed by atoms with E-state index in [1.165, 1.54) is 5.56 Å². The number of ether oxygens (including phenoxy) is 1. The van der Waals surface area contributed by atoms with Crippen molar-refractivity contribution in [2.24, 2.45) is 0 Å². The van der Waals surface area contributed by atoms with E-state index in [4.69, 9.17) is 4.74 Å². The van der Waals surface area contributed by atoms with Crippen LogP contribution in [0.2, 0.25) is 0 Å². The van der Waals surface area contributed by atoms with E-state index in [0.717, 1.165) is 17.9 Å². The molecule has 0 radical (unpaired) electrons. The summed E-state index contributed by atoms with van der Waals surface area (Å²) in [5.74, 6) is 0.886. The van der Waals surface area contributed by atoms with Gasteiger partial charge in [0.2, 0.25) is 0 Å². The largest absolute Gasteiger partial charge is 0.383 e. The maximum Gasteiger partial charge on any atom is 0.163 e. The molecule has 84 valence electrons. The van der Waals surface area contributed by atoms with Crippen molar-refractivity contribution in [3.63, 3.8) is 0 Å². The van der Waals surface area contributed by atoms with Crippen LogP contribution in [0, 0.1) is 6.92 Å². The molecule has 1 heterocycles. The van der Waals surface area contributed by atoms with Gasteiger partial charge in [0.15, 0.2) is 5.82 Å². The maximum atomic E-state index is 5.05. The van der Waals surface area contributed by atoms with E-state index in [2.05, 4.69) is 41.4 Å². The molecule has 1 aromatic carbocycles. The van der Waals surface area contributed by atoms with Crippen LogP contribution < -0.4 is 0 Å². The van der Waals surface area contributed by atoms with Gasteiger partial charge in [0, 0.05) is 19.2 Å². The summed E-state index contributed by atoms with van der Waals surface area (Å²) < 4.78 is 7.04. The summed E-state index contributed by atoms with van der Waals surface area (Å²) in [4.78, 5) is 0. The van der Waals surface area contributed by atoms with E-state index >= 15 is 0 Å². The molecule has 0 spiro atoms. The Morgan fingerprint density at radius 2 is 2.00 bits per heavy atom. The SMILES string of the molecule is COCCn1cnnc1-c1ccc(C)cc1. The number of aryl methyl sites for hydroxylation is 1. The van der Waals surface area contributed by atoms with E-state index in [0.29, 0.717) is 6.61 Å². The minimum Gasteiger partial charge on any atom is -0.383 e. The summed E-state index contributed by atoms with van der Waals surface area (Å²) in [6, 6.07) is 8.26. The first-order chi connectivity index (χ1) is 7.81. The molecule has 0 unspecified atom stereocenters. The Bertz CT molecular complexity index is 448. The van der Waals surface area contributed by atoms with Crippen molar-refractivity contribution in [1.82, 2.24) is 14.8 Å². The first kappa shape index (κ1) is 10.8. The molecule has 2 rings (SSSR count). The Hall–Kier alpha value is -1.68.